The van der Waals surface area contributed by atoms with Crippen LogP contribution in [0, 0.1) is 0 Å². The predicted molar refractivity (Wildman–Crippen MR) is 98.0 cm³/mol. The minimum atomic E-state index is -1.72. The molecule has 0 spiro atoms. The van der Waals surface area contributed by atoms with Crippen LogP contribution < -0.4 is 5.32 Å². The van der Waals surface area contributed by atoms with Crippen molar-refractivity contribution in [3.8, 4) is 5.69 Å². The predicted octanol–water partition coefficient (Wildman–Crippen LogP) is 1.27. The quantitative estimate of drug-likeness (QED) is 0.567. The van der Waals surface area contributed by atoms with E-state index in [9.17, 15) is 14.8 Å². The third kappa shape index (κ3) is 4.48. The van der Waals surface area contributed by atoms with E-state index < -0.39 is 19.0 Å². The number of carbonyl (C=O) groups is 1. The maximum atomic E-state index is 12.4. The van der Waals surface area contributed by atoms with E-state index in [4.69, 9.17) is 11.6 Å². The van der Waals surface area contributed by atoms with E-state index in [0.29, 0.717) is 5.02 Å². The lowest BCUT2D eigenvalue weighted by molar-refractivity contribution is 0.0937. The maximum absolute atomic E-state index is 12.4. The SMILES string of the molecule is O=C(N[C@@H](Cc1ccc(Cl)cc1)B(O)O)c1cn(-c2ccccc2)nn1. The number of hydrogen-bond acceptors (Lipinski definition) is 5. The molecule has 0 saturated heterocycles. The second-order valence-corrected chi connectivity index (χ2v) is 6.14. The first-order valence-electron chi connectivity index (χ1n) is 7.92. The summed E-state index contributed by atoms with van der Waals surface area (Å²) >= 11 is 5.84. The van der Waals surface area contributed by atoms with Crippen molar-refractivity contribution < 1.29 is 14.8 Å². The van der Waals surface area contributed by atoms with Gasteiger partial charge in [0.05, 0.1) is 17.8 Å². The summed E-state index contributed by atoms with van der Waals surface area (Å²) in [4.78, 5) is 12.4. The van der Waals surface area contributed by atoms with Gasteiger partial charge in [0.1, 0.15) is 0 Å². The van der Waals surface area contributed by atoms with E-state index in [0.717, 1.165) is 11.3 Å². The second kappa shape index (κ2) is 8.14. The number of carbonyl (C=O) groups excluding carboxylic acids is 1. The molecule has 3 aromatic rings. The fraction of sp³-hybridized carbons (Fsp3) is 0.118. The van der Waals surface area contributed by atoms with Crippen molar-refractivity contribution >= 4 is 24.6 Å². The van der Waals surface area contributed by atoms with E-state index in [1.54, 1.807) is 24.3 Å². The molecule has 26 heavy (non-hydrogen) atoms. The average molecular weight is 371 g/mol. The highest BCUT2D eigenvalue weighted by molar-refractivity contribution is 6.43. The van der Waals surface area contributed by atoms with E-state index in [-0.39, 0.29) is 12.1 Å². The lowest BCUT2D eigenvalue weighted by Crippen LogP contribution is -2.48. The van der Waals surface area contributed by atoms with Gasteiger partial charge in [-0.3, -0.25) is 4.79 Å². The first-order chi connectivity index (χ1) is 12.5. The maximum Gasteiger partial charge on any atom is 0.475 e. The van der Waals surface area contributed by atoms with Gasteiger partial charge in [0.2, 0.25) is 0 Å². The monoisotopic (exact) mass is 370 g/mol. The molecule has 0 radical (unpaired) electrons. The number of rotatable bonds is 6. The van der Waals surface area contributed by atoms with Crippen LogP contribution in [0.4, 0.5) is 0 Å². The van der Waals surface area contributed by atoms with Crippen molar-refractivity contribution in [2.24, 2.45) is 0 Å². The highest BCUT2D eigenvalue weighted by Crippen LogP contribution is 2.12. The molecule has 1 amide bonds. The van der Waals surface area contributed by atoms with Crippen LogP contribution in [-0.2, 0) is 6.42 Å². The Morgan fingerprint density at radius 2 is 1.85 bits per heavy atom. The highest BCUT2D eigenvalue weighted by Gasteiger charge is 2.27. The van der Waals surface area contributed by atoms with Crippen LogP contribution in [-0.4, -0.2) is 44.0 Å². The second-order valence-electron chi connectivity index (χ2n) is 5.71. The molecule has 0 aliphatic carbocycles. The minimum absolute atomic E-state index is 0.0793. The number of hydrogen-bond donors (Lipinski definition) is 3. The summed E-state index contributed by atoms with van der Waals surface area (Å²) in [5.74, 6) is -1.44. The van der Waals surface area contributed by atoms with Crippen LogP contribution in [0.1, 0.15) is 16.1 Å². The molecular formula is C17H16BClN4O3. The van der Waals surface area contributed by atoms with E-state index in [1.165, 1.54) is 10.9 Å². The van der Waals surface area contributed by atoms with Gasteiger partial charge in [0.15, 0.2) is 5.69 Å². The van der Waals surface area contributed by atoms with Crippen LogP contribution in [0.15, 0.2) is 60.8 Å². The molecule has 3 N–H and O–H groups in total. The minimum Gasteiger partial charge on any atom is -0.426 e. The zero-order valence-corrected chi connectivity index (χ0v) is 14.4. The molecule has 1 atom stereocenters. The lowest BCUT2D eigenvalue weighted by atomic mass is 9.76. The summed E-state index contributed by atoms with van der Waals surface area (Å²) in [5, 5.41) is 30.1. The first kappa shape index (κ1) is 18.1. The number of benzene rings is 2. The van der Waals surface area contributed by atoms with Gasteiger partial charge in [0, 0.05) is 5.02 Å². The number of halogens is 1. The van der Waals surface area contributed by atoms with Gasteiger partial charge in [-0.05, 0) is 36.2 Å². The largest absolute Gasteiger partial charge is 0.475 e. The Morgan fingerprint density at radius 1 is 1.15 bits per heavy atom. The van der Waals surface area contributed by atoms with Gasteiger partial charge in [-0.1, -0.05) is 47.1 Å². The summed E-state index contributed by atoms with van der Waals surface area (Å²) in [6.07, 6.45) is 1.71. The topological polar surface area (TPSA) is 100 Å². The number of nitrogens with zero attached hydrogens (tertiary/aromatic N) is 3. The molecule has 0 aliphatic rings. The molecule has 3 rings (SSSR count). The summed E-state index contributed by atoms with van der Waals surface area (Å²) in [7, 11) is -1.72. The molecule has 0 fully saturated rings. The fourth-order valence-corrected chi connectivity index (χ4v) is 2.55. The molecule has 0 unspecified atom stereocenters. The van der Waals surface area contributed by atoms with Gasteiger partial charge in [-0.15, -0.1) is 5.10 Å². The van der Waals surface area contributed by atoms with Gasteiger partial charge < -0.3 is 15.4 Å². The Kier molecular flexibility index (Phi) is 5.67. The molecule has 1 heterocycles. The summed E-state index contributed by atoms with van der Waals surface area (Å²) in [6.45, 7) is 0. The molecule has 7 nitrogen and oxygen atoms in total. The Hall–Kier alpha value is -2.68. The van der Waals surface area contributed by atoms with Crippen molar-refractivity contribution in [1.29, 1.82) is 0 Å². The van der Waals surface area contributed by atoms with Crippen LogP contribution >= 0.6 is 11.6 Å². The molecular weight excluding hydrogens is 354 g/mol. The molecule has 132 valence electrons. The van der Waals surface area contributed by atoms with Crippen molar-refractivity contribution in [3.05, 3.63) is 77.1 Å². The summed E-state index contributed by atoms with van der Waals surface area (Å²) in [6, 6.07) is 16.1. The van der Waals surface area contributed by atoms with Gasteiger partial charge in [0.25, 0.3) is 5.91 Å². The summed E-state index contributed by atoms with van der Waals surface area (Å²) < 4.78 is 1.47. The Bertz CT molecular complexity index is 871. The standard InChI is InChI=1S/C17H16BClN4O3/c19-13-8-6-12(7-9-13)10-16(18(25)26)20-17(24)15-11-23(22-21-15)14-4-2-1-3-5-14/h1-9,11,16,25-26H,10H2,(H,20,24)/t16-/m0/s1. The summed E-state index contributed by atoms with van der Waals surface area (Å²) in [5.41, 5.74) is 1.65. The van der Waals surface area contributed by atoms with Crippen molar-refractivity contribution in [2.45, 2.75) is 12.4 Å². The molecule has 0 bridgehead atoms. The van der Waals surface area contributed by atoms with Crippen LogP contribution in [0.5, 0.6) is 0 Å². The van der Waals surface area contributed by atoms with Gasteiger partial charge in [-0.25, -0.2) is 4.68 Å². The Labute approximate surface area is 155 Å². The van der Waals surface area contributed by atoms with Crippen molar-refractivity contribution in [2.75, 3.05) is 0 Å². The average Bonchev–Trinajstić information content (AvgIpc) is 3.14. The number of para-hydroxylation sites is 1. The van der Waals surface area contributed by atoms with Crippen LogP contribution in [0.3, 0.4) is 0 Å². The zero-order chi connectivity index (χ0) is 18.5. The first-order valence-corrected chi connectivity index (χ1v) is 8.30. The molecule has 9 heteroatoms. The fourth-order valence-electron chi connectivity index (χ4n) is 2.42. The smallest absolute Gasteiger partial charge is 0.426 e. The Balaban J connectivity index is 1.70. The van der Waals surface area contributed by atoms with Gasteiger partial charge >= 0.3 is 7.12 Å². The van der Waals surface area contributed by atoms with Crippen LogP contribution in [0.25, 0.3) is 5.69 Å². The number of nitrogens with one attached hydrogen (secondary N) is 1. The van der Waals surface area contributed by atoms with E-state index >= 15 is 0 Å². The molecule has 0 saturated carbocycles. The zero-order valence-electron chi connectivity index (χ0n) is 13.7. The van der Waals surface area contributed by atoms with E-state index in [1.807, 2.05) is 30.3 Å². The third-order valence-corrected chi connectivity index (χ3v) is 4.04. The number of amides is 1. The Morgan fingerprint density at radius 3 is 2.50 bits per heavy atom. The molecule has 1 aromatic heterocycles. The number of aromatic nitrogens is 3. The van der Waals surface area contributed by atoms with Crippen molar-refractivity contribution in [3.63, 3.8) is 0 Å². The van der Waals surface area contributed by atoms with Crippen molar-refractivity contribution in [1.82, 2.24) is 20.3 Å². The normalized spacial score (nSPS) is 11.8. The molecule has 0 aliphatic heterocycles. The van der Waals surface area contributed by atoms with Crippen LogP contribution in [0.2, 0.25) is 5.02 Å². The third-order valence-electron chi connectivity index (χ3n) is 3.79. The lowest BCUT2D eigenvalue weighted by Gasteiger charge is -2.17. The van der Waals surface area contributed by atoms with E-state index in [2.05, 4.69) is 15.6 Å². The molecule has 2 aromatic carbocycles. The van der Waals surface area contributed by atoms with Gasteiger partial charge in [-0.2, -0.15) is 0 Å². The highest BCUT2D eigenvalue weighted by atomic mass is 35.5.